The Labute approximate surface area is 136 Å². The summed E-state index contributed by atoms with van der Waals surface area (Å²) in [6.45, 7) is 6.55. The minimum Gasteiger partial charge on any atom is -0.461 e. The van der Waals surface area contributed by atoms with Crippen molar-refractivity contribution in [3.8, 4) is 0 Å². The Morgan fingerprint density at radius 2 is 2.09 bits per heavy atom. The summed E-state index contributed by atoms with van der Waals surface area (Å²) >= 11 is 0. The summed E-state index contributed by atoms with van der Waals surface area (Å²) in [5.74, 6) is -1.27. The fourth-order valence-electron chi connectivity index (χ4n) is 3.26. The van der Waals surface area contributed by atoms with Gasteiger partial charge in [-0.25, -0.2) is 0 Å². The van der Waals surface area contributed by atoms with E-state index >= 15 is 0 Å². The normalized spacial score (nSPS) is 30.1. The van der Waals surface area contributed by atoms with Crippen molar-refractivity contribution in [2.75, 3.05) is 13.2 Å². The molecule has 0 radical (unpaired) electrons. The van der Waals surface area contributed by atoms with E-state index in [0.717, 1.165) is 6.42 Å². The minimum atomic E-state index is -1.35. The van der Waals surface area contributed by atoms with Crippen LogP contribution in [0.15, 0.2) is 24.8 Å². The van der Waals surface area contributed by atoms with E-state index in [-0.39, 0.29) is 37.1 Å². The van der Waals surface area contributed by atoms with Gasteiger partial charge in [-0.2, -0.15) is 0 Å². The SMILES string of the molecule is C=CCOC(=O)[C@H]1C2C=CC(C2)[C@@H]1NC(=O)[C@H](O)C(C)(C)CO. The minimum absolute atomic E-state index is 0.0469. The van der Waals surface area contributed by atoms with Crippen LogP contribution in [0.2, 0.25) is 0 Å². The molecule has 0 aromatic carbocycles. The summed E-state index contributed by atoms with van der Waals surface area (Å²) in [6.07, 6.45) is 4.93. The van der Waals surface area contributed by atoms with Gasteiger partial charge in [-0.05, 0) is 18.3 Å². The van der Waals surface area contributed by atoms with Crippen LogP contribution in [0.25, 0.3) is 0 Å². The van der Waals surface area contributed by atoms with E-state index in [0.29, 0.717) is 0 Å². The molecule has 128 valence electrons. The van der Waals surface area contributed by atoms with Gasteiger partial charge >= 0.3 is 5.97 Å². The molecule has 1 saturated carbocycles. The molecule has 0 aromatic rings. The average molecular weight is 323 g/mol. The quantitative estimate of drug-likeness (QED) is 0.466. The van der Waals surface area contributed by atoms with Gasteiger partial charge in [0.1, 0.15) is 12.7 Å². The van der Waals surface area contributed by atoms with E-state index in [4.69, 9.17) is 4.74 Å². The molecule has 1 amide bonds. The van der Waals surface area contributed by atoms with Crippen LogP contribution in [0.4, 0.5) is 0 Å². The van der Waals surface area contributed by atoms with Gasteiger partial charge in [0.25, 0.3) is 0 Å². The monoisotopic (exact) mass is 323 g/mol. The molecular weight excluding hydrogens is 298 g/mol. The van der Waals surface area contributed by atoms with Crippen molar-refractivity contribution in [1.82, 2.24) is 5.32 Å². The van der Waals surface area contributed by atoms with E-state index in [2.05, 4.69) is 11.9 Å². The van der Waals surface area contributed by atoms with Crippen molar-refractivity contribution < 1.29 is 24.5 Å². The molecule has 2 bridgehead atoms. The Morgan fingerprint density at radius 1 is 1.43 bits per heavy atom. The number of amides is 1. The lowest BCUT2D eigenvalue weighted by Crippen LogP contribution is -2.53. The van der Waals surface area contributed by atoms with Crippen LogP contribution in [0, 0.1) is 23.2 Å². The van der Waals surface area contributed by atoms with Gasteiger partial charge in [-0.1, -0.05) is 38.7 Å². The fourth-order valence-corrected chi connectivity index (χ4v) is 3.26. The van der Waals surface area contributed by atoms with Gasteiger partial charge in [0, 0.05) is 11.5 Å². The first-order chi connectivity index (χ1) is 10.8. The third kappa shape index (κ3) is 3.48. The molecule has 3 N–H and O–H groups in total. The van der Waals surface area contributed by atoms with Crippen molar-refractivity contribution in [1.29, 1.82) is 0 Å². The Morgan fingerprint density at radius 3 is 2.70 bits per heavy atom. The lowest BCUT2D eigenvalue weighted by Gasteiger charge is -2.32. The number of carbonyl (C=O) groups is 2. The number of hydrogen-bond donors (Lipinski definition) is 3. The van der Waals surface area contributed by atoms with Crippen LogP contribution in [-0.2, 0) is 14.3 Å². The van der Waals surface area contributed by atoms with Gasteiger partial charge in [0.05, 0.1) is 12.5 Å². The van der Waals surface area contributed by atoms with Gasteiger partial charge in [0.2, 0.25) is 5.91 Å². The number of aliphatic hydroxyl groups is 2. The van der Waals surface area contributed by atoms with E-state index in [1.54, 1.807) is 13.8 Å². The number of fused-ring (bicyclic) bond motifs is 2. The number of aliphatic hydroxyl groups excluding tert-OH is 2. The Balaban J connectivity index is 2.08. The maximum atomic E-state index is 12.3. The number of esters is 1. The molecule has 0 saturated heterocycles. The number of ether oxygens (including phenoxy) is 1. The zero-order valence-corrected chi connectivity index (χ0v) is 13.6. The average Bonchev–Trinajstić information content (AvgIpc) is 3.12. The van der Waals surface area contributed by atoms with Crippen molar-refractivity contribution in [3.05, 3.63) is 24.8 Å². The molecule has 23 heavy (non-hydrogen) atoms. The number of hydrogen-bond acceptors (Lipinski definition) is 5. The topological polar surface area (TPSA) is 95.9 Å². The summed E-state index contributed by atoms with van der Waals surface area (Å²) in [4.78, 5) is 24.5. The highest BCUT2D eigenvalue weighted by Gasteiger charge is 2.50. The third-order valence-corrected chi connectivity index (χ3v) is 4.78. The van der Waals surface area contributed by atoms with Gasteiger partial charge in [0.15, 0.2) is 0 Å². The lowest BCUT2D eigenvalue weighted by atomic mass is 9.85. The second-order valence-corrected chi connectivity index (χ2v) is 6.98. The summed E-state index contributed by atoms with van der Waals surface area (Å²) in [7, 11) is 0. The summed E-state index contributed by atoms with van der Waals surface area (Å²) < 4.78 is 5.14. The molecule has 0 aliphatic heterocycles. The van der Waals surface area contributed by atoms with Crippen molar-refractivity contribution in [3.63, 3.8) is 0 Å². The van der Waals surface area contributed by atoms with E-state index in [1.807, 2.05) is 12.2 Å². The Kier molecular flexibility index (Phi) is 5.26. The zero-order chi connectivity index (χ0) is 17.2. The first-order valence-electron chi connectivity index (χ1n) is 7.87. The van der Waals surface area contributed by atoms with Crippen LogP contribution >= 0.6 is 0 Å². The molecule has 6 nitrogen and oxygen atoms in total. The molecule has 0 spiro atoms. The van der Waals surface area contributed by atoms with E-state index in [1.165, 1.54) is 6.08 Å². The fraction of sp³-hybridized carbons (Fsp3) is 0.647. The second kappa shape index (κ2) is 6.84. The highest BCUT2D eigenvalue weighted by Crippen LogP contribution is 2.44. The van der Waals surface area contributed by atoms with Crippen LogP contribution in [0.1, 0.15) is 20.3 Å². The van der Waals surface area contributed by atoms with Gasteiger partial charge in [-0.15, -0.1) is 0 Å². The van der Waals surface area contributed by atoms with Crippen LogP contribution < -0.4 is 5.32 Å². The maximum absolute atomic E-state index is 12.3. The summed E-state index contributed by atoms with van der Waals surface area (Å²) in [5, 5.41) is 22.2. The molecule has 0 heterocycles. The number of carbonyl (C=O) groups excluding carboxylic acids is 2. The van der Waals surface area contributed by atoms with Crippen LogP contribution in [0.3, 0.4) is 0 Å². The van der Waals surface area contributed by atoms with E-state index < -0.39 is 23.3 Å². The molecule has 2 aliphatic rings. The first-order valence-corrected chi connectivity index (χ1v) is 7.87. The molecule has 1 fully saturated rings. The predicted octanol–water partition coefficient (Wildman–Crippen LogP) is 0.402. The number of nitrogens with one attached hydrogen (secondary N) is 1. The second-order valence-electron chi connectivity index (χ2n) is 6.98. The predicted molar refractivity (Wildman–Crippen MR) is 84.2 cm³/mol. The highest BCUT2D eigenvalue weighted by molar-refractivity contribution is 5.83. The lowest BCUT2D eigenvalue weighted by molar-refractivity contribution is -0.150. The number of allylic oxidation sites excluding steroid dienone is 1. The molecule has 6 heteroatoms. The maximum Gasteiger partial charge on any atom is 0.311 e. The Bertz CT molecular complexity index is 513. The van der Waals surface area contributed by atoms with Crippen molar-refractivity contribution in [2.45, 2.75) is 32.4 Å². The van der Waals surface area contributed by atoms with E-state index in [9.17, 15) is 19.8 Å². The van der Waals surface area contributed by atoms with Gasteiger partial charge in [-0.3, -0.25) is 9.59 Å². The molecular formula is C17H25NO5. The summed E-state index contributed by atoms with van der Waals surface area (Å²) in [5.41, 5.74) is -0.948. The van der Waals surface area contributed by atoms with Crippen molar-refractivity contribution in [2.24, 2.45) is 23.2 Å². The van der Waals surface area contributed by atoms with Crippen LogP contribution in [0.5, 0.6) is 0 Å². The highest BCUT2D eigenvalue weighted by atomic mass is 16.5. The smallest absolute Gasteiger partial charge is 0.311 e. The standard InChI is InChI=1S/C17H25NO5/c1-4-7-23-16(22)12-10-5-6-11(8-10)13(12)18-15(21)14(20)17(2,3)9-19/h4-6,10-14,19-20H,1,7-9H2,2-3H3,(H,18,21)/t10?,11?,12-,13-,14-/m0/s1. The summed E-state index contributed by atoms with van der Waals surface area (Å²) in [6, 6.07) is -0.390. The molecule has 2 aliphatic carbocycles. The van der Waals surface area contributed by atoms with Gasteiger partial charge < -0.3 is 20.3 Å². The number of rotatable bonds is 7. The largest absolute Gasteiger partial charge is 0.461 e. The third-order valence-electron chi connectivity index (χ3n) is 4.78. The van der Waals surface area contributed by atoms with Crippen LogP contribution in [-0.4, -0.2) is 47.4 Å². The zero-order valence-electron chi connectivity index (χ0n) is 13.6. The molecule has 2 rings (SSSR count). The molecule has 0 aromatic heterocycles. The molecule has 5 atom stereocenters. The van der Waals surface area contributed by atoms with Crippen molar-refractivity contribution >= 4 is 11.9 Å². The Hall–Kier alpha value is -1.66. The molecule has 2 unspecified atom stereocenters. The first kappa shape index (κ1) is 17.7.